The van der Waals surface area contributed by atoms with Gasteiger partial charge in [0.05, 0.1) is 11.0 Å². The molecule has 1 heterocycles. The molecular formula is C18H19N2. The SMILES string of the molecule is CC(C)c1c(CCc2ccccc2)ccc2[nH][c]nc12. The molecule has 0 saturated heterocycles. The average molecular weight is 263 g/mol. The zero-order chi connectivity index (χ0) is 13.9. The summed E-state index contributed by atoms with van der Waals surface area (Å²) in [7, 11) is 0. The molecule has 1 radical (unpaired) electrons. The Labute approximate surface area is 119 Å². The maximum atomic E-state index is 4.38. The normalized spacial score (nSPS) is 11.3. The Morgan fingerprint density at radius 1 is 1.05 bits per heavy atom. The van der Waals surface area contributed by atoms with Gasteiger partial charge >= 0.3 is 0 Å². The highest BCUT2D eigenvalue weighted by atomic mass is 14.9. The van der Waals surface area contributed by atoms with Gasteiger partial charge in [0.15, 0.2) is 6.33 Å². The number of aromatic amines is 1. The van der Waals surface area contributed by atoms with E-state index in [4.69, 9.17) is 0 Å². The highest BCUT2D eigenvalue weighted by Gasteiger charge is 2.13. The van der Waals surface area contributed by atoms with Crippen LogP contribution in [-0.4, -0.2) is 9.97 Å². The molecular weight excluding hydrogens is 244 g/mol. The van der Waals surface area contributed by atoms with Crippen molar-refractivity contribution < 1.29 is 0 Å². The number of aryl methyl sites for hydroxylation is 2. The van der Waals surface area contributed by atoms with Gasteiger partial charge in [-0.25, -0.2) is 4.98 Å². The maximum Gasteiger partial charge on any atom is 0.174 e. The van der Waals surface area contributed by atoms with E-state index in [0.717, 1.165) is 23.9 Å². The van der Waals surface area contributed by atoms with Gasteiger partial charge in [-0.05, 0) is 41.5 Å². The van der Waals surface area contributed by atoms with Crippen molar-refractivity contribution in [1.82, 2.24) is 9.97 Å². The van der Waals surface area contributed by atoms with E-state index >= 15 is 0 Å². The summed E-state index contributed by atoms with van der Waals surface area (Å²) in [5.74, 6) is 0.473. The third kappa shape index (κ3) is 2.46. The number of imidazole rings is 1. The van der Waals surface area contributed by atoms with Gasteiger partial charge in [-0.1, -0.05) is 50.2 Å². The van der Waals surface area contributed by atoms with E-state index in [1.165, 1.54) is 16.7 Å². The summed E-state index contributed by atoms with van der Waals surface area (Å²) in [6.45, 7) is 4.46. The zero-order valence-electron chi connectivity index (χ0n) is 12.0. The smallest absolute Gasteiger partial charge is 0.174 e. The number of fused-ring (bicyclic) bond motifs is 1. The van der Waals surface area contributed by atoms with Crippen molar-refractivity contribution in [3.63, 3.8) is 0 Å². The van der Waals surface area contributed by atoms with E-state index in [1.807, 2.05) is 0 Å². The molecule has 2 nitrogen and oxygen atoms in total. The third-order valence-corrected chi connectivity index (χ3v) is 3.77. The van der Waals surface area contributed by atoms with Crippen LogP contribution in [-0.2, 0) is 12.8 Å². The van der Waals surface area contributed by atoms with Gasteiger partial charge in [0.1, 0.15) is 0 Å². The molecule has 2 heteroatoms. The summed E-state index contributed by atoms with van der Waals surface area (Å²) >= 11 is 0. The number of rotatable bonds is 4. The average Bonchev–Trinajstić information content (AvgIpc) is 2.93. The van der Waals surface area contributed by atoms with E-state index < -0.39 is 0 Å². The number of hydrogen-bond acceptors (Lipinski definition) is 1. The topological polar surface area (TPSA) is 28.7 Å². The minimum absolute atomic E-state index is 0.473. The van der Waals surface area contributed by atoms with Crippen molar-refractivity contribution in [2.45, 2.75) is 32.6 Å². The molecule has 0 aliphatic heterocycles. The fraction of sp³-hybridized carbons (Fsp3) is 0.278. The van der Waals surface area contributed by atoms with Crippen LogP contribution in [0.25, 0.3) is 11.0 Å². The molecule has 3 rings (SSSR count). The van der Waals surface area contributed by atoms with Crippen LogP contribution in [0.5, 0.6) is 0 Å². The Hall–Kier alpha value is -2.09. The summed E-state index contributed by atoms with van der Waals surface area (Å²) in [6.07, 6.45) is 4.98. The van der Waals surface area contributed by atoms with Gasteiger partial charge in [0.2, 0.25) is 0 Å². The van der Waals surface area contributed by atoms with E-state index in [9.17, 15) is 0 Å². The van der Waals surface area contributed by atoms with Gasteiger partial charge in [-0.3, -0.25) is 0 Å². The predicted molar refractivity (Wildman–Crippen MR) is 82.9 cm³/mol. The maximum absolute atomic E-state index is 4.38. The lowest BCUT2D eigenvalue weighted by molar-refractivity contribution is 0.836. The van der Waals surface area contributed by atoms with Crippen molar-refractivity contribution in [1.29, 1.82) is 0 Å². The van der Waals surface area contributed by atoms with Crippen LogP contribution >= 0.6 is 0 Å². The van der Waals surface area contributed by atoms with Gasteiger partial charge in [0.25, 0.3) is 0 Å². The molecule has 3 aromatic rings. The van der Waals surface area contributed by atoms with Crippen molar-refractivity contribution >= 4 is 11.0 Å². The standard InChI is InChI=1S/C18H19N2/c1-13(2)17-15(9-8-14-6-4-3-5-7-14)10-11-16-18(17)20-12-19-16/h3-7,10-11,13H,8-9H2,1-2H3,(H,19,20). The van der Waals surface area contributed by atoms with Gasteiger partial charge in [-0.15, -0.1) is 0 Å². The van der Waals surface area contributed by atoms with E-state index in [0.29, 0.717) is 5.92 Å². The van der Waals surface area contributed by atoms with Crippen LogP contribution in [0.3, 0.4) is 0 Å². The summed E-state index contributed by atoms with van der Waals surface area (Å²) < 4.78 is 0. The summed E-state index contributed by atoms with van der Waals surface area (Å²) in [4.78, 5) is 7.45. The Kier molecular flexibility index (Phi) is 3.55. The molecule has 1 aromatic heterocycles. The predicted octanol–water partition coefficient (Wildman–Crippen LogP) is 4.27. The van der Waals surface area contributed by atoms with Crippen molar-refractivity contribution in [2.24, 2.45) is 0 Å². The largest absolute Gasteiger partial charge is 0.335 e. The molecule has 0 bridgehead atoms. The number of hydrogen-bond donors (Lipinski definition) is 1. The van der Waals surface area contributed by atoms with Crippen LogP contribution in [0.4, 0.5) is 0 Å². The first kappa shape index (κ1) is 12.9. The molecule has 20 heavy (non-hydrogen) atoms. The minimum Gasteiger partial charge on any atom is -0.335 e. The number of nitrogens with one attached hydrogen (secondary N) is 1. The van der Waals surface area contributed by atoms with E-state index in [1.54, 1.807) is 0 Å². The van der Waals surface area contributed by atoms with Gasteiger partial charge in [0, 0.05) is 0 Å². The molecule has 0 saturated carbocycles. The second-order valence-electron chi connectivity index (χ2n) is 5.52. The summed E-state index contributed by atoms with van der Waals surface area (Å²) in [6, 6.07) is 15.0. The van der Waals surface area contributed by atoms with Crippen LogP contribution in [0.1, 0.15) is 36.5 Å². The molecule has 101 valence electrons. The fourth-order valence-electron chi connectivity index (χ4n) is 2.80. The lowest BCUT2D eigenvalue weighted by Crippen LogP contribution is -2.00. The molecule has 0 amide bonds. The molecule has 0 fully saturated rings. The van der Waals surface area contributed by atoms with Crippen LogP contribution in [0, 0.1) is 6.33 Å². The van der Waals surface area contributed by atoms with Crippen molar-refractivity contribution in [2.75, 3.05) is 0 Å². The monoisotopic (exact) mass is 263 g/mol. The summed E-state index contributed by atoms with van der Waals surface area (Å²) in [5, 5.41) is 0. The molecule has 0 aliphatic rings. The Bertz CT molecular complexity index is 696. The van der Waals surface area contributed by atoms with E-state index in [-0.39, 0.29) is 0 Å². The van der Waals surface area contributed by atoms with Crippen molar-refractivity contribution in [3.05, 3.63) is 65.5 Å². The number of nitrogens with zero attached hydrogens (tertiary/aromatic N) is 1. The molecule has 0 atom stereocenters. The fourth-order valence-corrected chi connectivity index (χ4v) is 2.80. The second kappa shape index (κ2) is 5.49. The lowest BCUT2D eigenvalue weighted by Gasteiger charge is -2.13. The minimum atomic E-state index is 0.473. The third-order valence-electron chi connectivity index (χ3n) is 3.77. The quantitative estimate of drug-likeness (QED) is 0.748. The summed E-state index contributed by atoms with van der Waals surface area (Å²) in [5.41, 5.74) is 6.30. The first-order valence-corrected chi connectivity index (χ1v) is 7.17. The molecule has 0 aliphatic carbocycles. The lowest BCUT2D eigenvalue weighted by atomic mass is 9.92. The first-order chi connectivity index (χ1) is 9.75. The van der Waals surface area contributed by atoms with Crippen molar-refractivity contribution in [3.8, 4) is 0 Å². The van der Waals surface area contributed by atoms with Crippen LogP contribution < -0.4 is 0 Å². The number of benzene rings is 2. The highest BCUT2D eigenvalue weighted by molar-refractivity contribution is 5.80. The highest BCUT2D eigenvalue weighted by Crippen LogP contribution is 2.27. The Balaban J connectivity index is 1.92. The van der Waals surface area contributed by atoms with Gasteiger partial charge in [-0.2, -0.15) is 0 Å². The van der Waals surface area contributed by atoms with Crippen LogP contribution in [0.2, 0.25) is 0 Å². The zero-order valence-corrected chi connectivity index (χ0v) is 12.0. The molecule has 0 unspecified atom stereocenters. The molecule has 1 N–H and O–H groups in total. The van der Waals surface area contributed by atoms with E-state index in [2.05, 4.69) is 72.6 Å². The second-order valence-corrected chi connectivity index (χ2v) is 5.52. The number of H-pyrrole nitrogens is 1. The Morgan fingerprint density at radius 2 is 1.85 bits per heavy atom. The molecule has 2 aromatic carbocycles. The number of aromatic nitrogens is 2. The molecule has 0 spiro atoms. The Morgan fingerprint density at radius 3 is 2.60 bits per heavy atom. The van der Waals surface area contributed by atoms with Gasteiger partial charge < -0.3 is 4.98 Å². The van der Waals surface area contributed by atoms with Crippen LogP contribution in [0.15, 0.2) is 42.5 Å². The first-order valence-electron chi connectivity index (χ1n) is 7.17.